The molecule has 3 aromatic carbocycles. The van der Waals surface area contributed by atoms with E-state index in [1.807, 2.05) is 41.3 Å². The van der Waals surface area contributed by atoms with Gasteiger partial charge in [-0.1, -0.05) is 54.1 Å². The fourth-order valence-electron chi connectivity index (χ4n) is 3.64. The number of benzene rings is 3. The minimum Gasteiger partial charge on any atom is -0.313 e. The molecule has 0 fully saturated rings. The number of amides is 2. The van der Waals surface area contributed by atoms with E-state index in [2.05, 4.69) is 23.5 Å². The highest BCUT2D eigenvalue weighted by Gasteiger charge is 2.33. The molecule has 1 atom stereocenters. The molecule has 0 spiro atoms. The van der Waals surface area contributed by atoms with E-state index in [9.17, 15) is 4.79 Å². The van der Waals surface area contributed by atoms with Crippen molar-refractivity contribution in [2.24, 2.45) is 0 Å². The molecule has 0 radical (unpaired) electrons. The molecule has 0 saturated heterocycles. The van der Waals surface area contributed by atoms with E-state index in [0.717, 1.165) is 17.5 Å². The van der Waals surface area contributed by atoms with Crippen molar-refractivity contribution in [1.29, 1.82) is 5.26 Å². The van der Waals surface area contributed by atoms with E-state index in [1.165, 1.54) is 5.56 Å². The van der Waals surface area contributed by atoms with Gasteiger partial charge in [-0.05, 0) is 53.4 Å². The predicted octanol–water partition coefficient (Wildman–Crippen LogP) is 5.39. The van der Waals surface area contributed by atoms with Gasteiger partial charge in [0.05, 0.1) is 17.7 Å². The van der Waals surface area contributed by atoms with Gasteiger partial charge in [0.15, 0.2) is 0 Å². The molecule has 1 aliphatic heterocycles. The summed E-state index contributed by atoms with van der Waals surface area (Å²) in [6, 6.07) is 24.3. The van der Waals surface area contributed by atoms with Gasteiger partial charge in [-0.25, -0.2) is 4.79 Å². The third kappa shape index (κ3) is 3.45. The number of hydrogen-bond donors (Lipinski definition) is 1. The van der Waals surface area contributed by atoms with Crippen LogP contribution in [0.25, 0.3) is 0 Å². The number of fused-ring (bicyclic) bond motifs is 1. The molecule has 4 nitrogen and oxygen atoms in total. The van der Waals surface area contributed by atoms with Gasteiger partial charge in [0.1, 0.15) is 0 Å². The fourth-order valence-corrected chi connectivity index (χ4v) is 3.88. The molecular weight excluding hydrogens is 370 g/mol. The van der Waals surface area contributed by atoms with Gasteiger partial charge in [-0.3, -0.25) is 0 Å². The number of rotatable bonds is 2. The van der Waals surface area contributed by atoms with Crippen molar-refractivity contribution in [3.8, 4) is 6.07 Å². The van der Waals surface area contributed by atoms with Crippen molar-refractivity contribution >= 4 is 23.3 Å². The number of carbonyl (C=O) groups excluding carboxylic acids is 1. The SMILES string of the molecule is N#Cc1ccc(NC(=O)N2CCc3ccccc3C2c2ccccc2Cl)cc1. The van der Waals surface area contributed by atoms with Crippen LogP contribution in [0.4, 0.5) is 10.5 Å². The molecule has 138 valence electrons. The second-order valence-corrected chi connectivity index (χ2v) is 7.09. The number of carbonyl (C=O) groups is 1. The minimum atomic E-state index is -0.253. The second kappa shape index (κ2) is 7.75. The Kier molecular flexibility index (Phi) is 5.01. The zero-order chi connectivity index (χ0) is 19.5. The molecule has 0 aromatic heterocycles. The van der Waals surface area contributed by atoms with E-state index in [4.69, 9.17) is 16.9 Å². The molecule has 1 heterocycles. The predicted molar refractivity (Wildman–Crippen MR) is 110 cm³/mol. The molecule has 5 heteroatoms. The largest absolute Gasteiger partial charge is 0.322 e. The van der Waals surface area contributed by atoms with Crippen molar-refractivity contribution in [3.63, 3.8) is 0 Å². The van der Waals surface area contributed by atoms with Crippen molar-refractivity contribution in [1.82, 2.24) is 4.90 Å². The van der Waals surface area contributed by atoms with Crippen molar-refractivity contribution in [2.45, 2.75) is 12.5 Å². The number of halogens is 1. The average Bonchev–Trinajstić information content (AvgIpc) is 2.74. The van der Waals surface area contributed by atoms with Gasteiger partial charge in [0, 0.05) is 17.3 Å². The van der Waals surface area contributed by atoms with Crippen molar-refractivity contribution < 1.29 is 4.79 Å². The molecular formula is C23H18ClN3O. The smallest absolute Gasteiger partial charge is 0.313 e. The summed E-state index contributed by atoms with van der Waals surface area (Å²) >= 11 is 6.50. The lowest BCUT2D eigenvalue weighted by atomic mass is 9.88. The lowest BCUT2D eigenvalue weighted by Crippen LogP contribution is -2.43. The van der Waals surface area contributed by atoms with Crippen LogP contribution in [0.3, 0.4) is 0 Å². The van der Waals surface area contributed by atoms with Gasteiger partial charge in [-0.15, -0.1) is 0 Å². The Labute approximate surface area is 169 Å². The Morgan fingerprint density at radius 2 is 1.68 bits per heavy atom. The van der Waals surface area contributed by atoms with Gasteiger partial charge in [0.25, 0.3) is 0 Å². The first-order valence-corrected chi connectivity index (χ1v) is 9.45. The Morgan fingerprint density at radius 3 is 2.39 bits per heavy atom. The Bertz CT molecular complexity index is 1060. The minimum absolute atomic E-state index is 0.191. The zero-order valence-corrected chi connectivity index (χ0v) is 15.9. The van der Waals surface area contributed by atoms with Crippen LogP contribution in [0, 0.1) is 11.3 Å². The number of urea groups is 1. The van der Waals surface area contributed by atoms with E-state index >= 15 is 0 Å². The molecule has 0 saturated carbocycles. The highest BCUT2D eigenvalue weighted by Crippen LogP contribution is 2.38. The van der Waals surface area contributed by atoms with Crippen LogP contribution in [-0.4, -0.2) is 17.5 Å². The summed E-state index contributed by atoms with van der Waals surface area (Å²) in [4.78, 5) is 15.0. The Hall–Kier alpha value is -3.29. The highest BCUT2D eigenvalue weighted by atomic mass is 35.5. The molecule has 4 rings (SSSR count). The first kappa shape index (κ1) is 18.1. The normalized spacial score (nSPS) is 15.4. The quantitative estimate of drug-likeness (QED) is 0.640. The molecule has 1 unspecified atom stereocenters. The first-order valence-electron chi connectivity index (χ1n) is 9.07. The molecule has 2 amide bonds. The molecule has 1 N–H and O–H groups in total. The fraction of sp³-hybridized carbons (Fsp3) is 0.130. The summed E-state index contributed by atoms with van der Waals surface area (Å²) in [6.45, 7) is 0.592. The van der Waals surface area contributed by atoms with E-state index in [-0.39, 0.29) is 12.1 Å². The van der Waals surface area contributed by atoms with E-state index in [0.29, 0.717) is 22.8 Å². The number of nitrogens with zero attached hydrogens (tertiary/aromatic N) is 2. The van der Waals surface area contributed by atoms with Crippen LogP contribution >= 0.6 is 11.6 Å². The van der Waals surface area contributed by atoms with Gasteiger partial charge < -0.3 is 10.2 Å². The van der Waals surface area contributed by atoms with Gasteiger partial charge in [0.2, 0.25) is 0 Å². The number of anilines is 1. The van der Waals surface area contributed by atoms with Gasteiger partial charge >= 0.3 is 6.03 Å². The third-order valence-electron chi connectivity index (χ3n) is 5.01. The van der Waals surface area contributed by atoms with E-state index < -0.39 is 0 Å². The zero-order valence-electron chi connectivity index (χ0n) is 15.1. The lowest BCUT2D eigenvalue weighted by Gasteiger charge is -2.38. The van der Waals surface area contributed by atoms with Crippen LogP contribution in [-0.2, 0) is 6.42 Å². The maximum absolute atomic E-state index is 13.1. The third-order valence-corrected chi connectivity index (χ3v) is 5.35. The standard InChI is InChI=1S/C23H18ClN3O/c24-21-8-4-3-7-20(21)22-19-6-2-1-5-17(19)13-14-27(22)23(28)26-18-11-9-16(15-25)10-12-18/h1-12,22H,13-14H2,(H,26,28). The second-order valence-electron chi connectivity index (χ2n) is 6.69. The van der Waals surface area contributed by atoms with Crippen LogP contribution in [0.2, 0.25) is 5.02 Å². The maximum atomic E-state index is 13.1. The monoisotopic (exact) mass is 387 g/mol. The summed E-state index contributed by atoms with van der Waals surface area (Å²) in [5, 5.41) is 12.5. The van der Waals surface area contributed by atoms with Gasteiger partial charge in [-0.2, -0.15) is 5.26 Å². The summed E-state index contributed by atoms with van der Waals surface area (Å²) in [5.74, 6) is 0. The number of nitriles is 1. The van der Waals surface area contributed by atoms with Crippen molar-refractivity contribution in [3.05, 3.63) is 100 Å². The topological polar surface area (TPSA) is 56.1 Å². The molecule has 0 aliphatic carbocycles. The van der Waals surface area contributed by atoms with Crippen molar-refractivity contribution in [2.75, 3.05) is 11.9 Å². The Balaban J connectivity index is 1.69. The first-order chi connectivity index (χ1) is 13.7. The summed E-state index contributed by atoms with van der Waals surface area (Å²) < 4.78 is 0. The summed E-state index contributed by atoms with van der Waals surface area (Å²) in [6.07, 6.45) is 0.790. The molecule has 0 bridgehead atoms. The highest BCUT2D eigenvalue weighted by molar-refractivity contribution is 6.31. The lowest BCUT2D eigenvalue weighted by molar-refractivity contribution is 0.194. The average molecular weight is 388 g/mol. The van der Waals surface area contributed by atoms with Crippen LogP contribution in [0.15, 0.2) is 72.8 Å². The Morgan fingerprint density at radius 1 is 1.00 bits per heavy atom. The molecule has 3 aromatic rings. The number of nitrogens with one attached hydrogen (secondary N) is 1. The van der Waals surface area contributed by atoms with Crippen LogP contribution < -0.4 is 5.32 Å². The maximum Gasteiger partial charge on any atom is 0.322 e. The number of hydrogen-bond acceptors (Lipinski definition) is 2. The van der Waals surface area contributed by atoms with Crippen LogP contribution in [0.5, 0.6) is 0 Å². The summed E-state index contributed by atoms with van der Waals surface area (Å²) in [5.41, 5.74) is 4.44. The molecule has 28 heavy (non-hydrogen) atoms. The summed E-state index contributed by atoms with van der Waals surface area (Å²) in [7, 11) is 0. The van der Waals surface area contributed by atoms with Crippen LogP contribution in [0.1, 0.15) is 28.3 Å². The molecule has 1 aliphatic rings. The van der Waals surface area contributed by atoms with E-state index in [1.54, 1.807) is 24.3 Å².